The van der Waals surface area contributed by atoms with Gasteiger partial charge in [-0.05, 0) is 75.2 Å². The third kappa shape index (κ3) is 6.65. The van der Waals surface area contributed by atoms with E-state index in [9.17, 15) is 14.0 Å². The quantitative estimate of drug-likeness (QED) is 0.282. The first kappa shape index (κ1) is 23.9. The van der Waals surface area contributed by atoms with E-state index in [1.165, 1.54) is 18.9 Å². The van der Waals surface area contributed by atoms with Gasteiger partial charge in [0.05, 0.1) is 12.1 Å². The van der Waals surface area contributed by atoms with Gasteiger partial charge in [-0.1, -0.05) is 12.5 Å². The minimum atomic E-state index is -0.303. The molecule has 0 unspecified atom stereocenters. The van der Waals surface area contributed by atoms with Crippen molar-refractivity contribution in [2.24, 2.45) is 5.92 Å². The lowest BCUT2D eigenvalue weighted by atomic mass is 9.82. The summed E-state index contributed by atoms with van der Waals surface area (Å²) in [7, 11) is 0. The Morgan fingerprint density at radius 2 is 1.97 bits per heavy atom. The fourth-order valence-corrected chi connectivity index (χ4v) is 4.48. The van der Waals surface area contributed by atoms with Gasteiger partial charge in [0.25, 0.3) is 0 Å². The number of hydrazine groups is 1. The van der Waals surface area contributed by atoms with Gasteiger partial charge >= 0.3 is 6.03 Å². The van der Waals surface area contributed by atoms with Crippen LogP contribution in [0.4, 0.5) is 9.18 Å². The summed E-state index contributed by atoms with van der Waals surface area (Å²) in [6.07, 6.45) is 7.38. The van der Waals surface area contributed by atoms with Crippen molar-refractivity contribution in [3.63, 3.8) is 0 Å². The molecule has 1 aromatic rings. The number of rotatable bonds is 12. The molecule has 9 heteroatoms. The van der Waals surface area contributed by atoms with Crippen molar-refractivity contribution in [1.82, 2.24) is 26.4 Å². The van der Waals surface area contributed by atoms with E-state index in [0.29, 0.717) is 37.8 Å². The van der Waals surface area contributed by atoms with E-state index in [1.807, 2.05) is 12.1 Å². The zero-order valence-electron chi connectivity index (χ0n) is 19.3. The van der Waals surface area contributed by atoms with Gasteiger partial charge in [-0.2, -0.15) is 0 Å². The van der Waals surface area contributed by atoms with Gasteiger partial charge in [0.1, 0.15) is 0 Å². The number of hydrogen-bond donors (Lipinski definition) is 4. The molecule has 33 heavy (non-hydrogen) atoms. The van der Waals surface area contributed by atoms with Crippen molar-refractivity contribution in [2.75, 3.05) is 39.3 Å². The molecule has 0 bridgehead atoms. The summed E-state index contributed by atoms with van der Waals surface area (Å²) in [5.74, 6) is 0.430. The minimum absolute atomic E-state index is 0.193. The number of unbranched alkanes of at least 4 members (excludes halogenated alkanes) is 2. The van der Waals surface area contributed by atoms with Gasteiger partial charge in [-0.15, -0.1) is 0 Å². The lowest BCUT2D eigenvalue weighted by Crippen LogP contribution is -2.55. The van der Waals surface area contributed by atoms with Gasteiger partial charge in [-0.25, -0.2) is 14.6 Å². The number of ether oxygens (including phenoxy) is 1. The topological polar surface area (TPSA) is 94.7 Å². The number of benzene rings is 1. The van der Waals surface area contributed by atoms with Gasteiger partial charge in [0.15, 0.2) is 11.6 Å². The maximum absolute atomic E-state index is 14.3. The van der Waals surface area contributed by atoms with Crippen LogP contribution < -0.4 is 26.2 Å². The molecule has 8 nitrogen and oxygen atoms in total. The monoisotopic (exact) mass is 461 g/mol. The van der Waals surface area contributed by atoms with E-state index in [2.05, 4.69) is 21.5 Å². The van der Waals surface area contributed by atoms with Crippen molar-refractivity contribution in [3.05, 3.63) is 29.6 Å². The van der Waals surface area contributed by atoms with Gasteiger partial charge in [-0.3, -0.25) is 15.5 Å². The molecule has 182 valence electrons. The Morgan fingerprint density at radius 1 is 1.15 bits per heavy atom. The number of carbonyl (C=O) groups excluding carboxylic acids is 2. The molecule has 3 amide bonds. The average molecular weight is 462 g/mol. The summed E-state index contributed by atoms with van der Waals surface area (Å²) in [5.41, 5.74) is 7.72. The highest BCUT2D eigenvalue weighted by Crippen LogP contribution is 2.35. The molecule has 0 aromatic heterocycles. The molecule has 2 aliphatic heterocycles. The molecule has 3 fully saturated rings. The second kappa shape index (κ2) is 11.3. The van der Waals surface area contributed by atoms with Crippen LogP contribution in [0.2, 0.25) is 0 Å². The fourth-order valence-electron chi connectivity index (χ4n) is 4.48. The van der Waals surface area contributed by atoms with E-state index in [0.717, 1.165) is 57.3 Å². The van der Waals surface area contributed by atoms with Crippen LogP contribution in [0.25, 0.3) is 0 Å². The normalized spacial score (nSPS) is 20.6. The molecule has 1 aromatic carbocycles. The first-order valence-corrected chi connectivity index (χ1v) is 12.3. The van der Waals surface area contributed by atoms with Crippen LogP contribution in [-0.2, 0) is 10.3 Å². The standard InChI is InChI=1S/C24H36FN5O3/c25-20-7-6-19(16-21(20)33-17-18-4-5-18)24(9-12-26-13-10-24)29-27-11-2-1-3-14-30-15-8-22(31)28-23(30)32/h6-7,16,18,26-27,29H,1-5,8-15,17H2,(H,28,31,32). The van der Waals surface area contributed by atoms with Gasteiger partial charge in [0, 0.05) is 26.1 Å². The first-order valence-electron chi connectivity index (χ1n) is 12.3. The Labute approximate surface area is 195 Å². The number of nitrogens with zero attached hydrogens (tertiary/aromatic N) is 1. The third-order valence-electron chi connectivity index (χ3n) is 6.81. The molecular weight excluding hydrogens is 425 g/mol. The van der Waals surface area contributed by atoms with Crippen molar-refractivity contribution in [3.8, 4) is 5.75 Å². The van der Waals surface area contributed by atoms with Crippen LogP contribution in [0, 0.1) is 11.7 Å². The predicted octanol–water partition coefficient (Wildman–Crippen LogP) is 2.40. The number of nitrogens with one attached hydrogen (secondary N) is 4. The molecule has 0 spiro atoms. The Hall–Kier alpha value is -2.23. The van der Waals surface area contributed by atoms with Crippen LogP contribution in [0.1, 0.15) is 56.9 Å². The lowest BCUT2D eigenvalue weighted by Gasteiger charge is -2.39. The third-order valence-corrected chi connectivity index (χ3v) is 6.81. The van der Waals surface area contributed by atoms with E-state index in [1.54, 1.807) is 4.90 Å². The molecule has 2 heterocycles. The van der Waals surface area contributed by atoms with E-state index < -0.39 is 0 Å². The van der Waals surface area contributed by atoms with Gasteiger partial charge in [0.2, 0.25) is 5.91 Å². The van der Waals surface area contributed by atoms with Gasteiger partial charge < -0.3 is 15.0 Å². The van der Waals surface area contributed by atoms with Crippen molar-refractivity contribution >= 4 is 11.9 Å². The number of urea groups is 1. The zero-order valence-corrected chi connectivity index (χ0v) is 19.3. The molecule has 2 saturated heterocycles. The Bertz CT molecular complexity index is 826. The molecule has 4 N–H and O–H groups in total. The molecule has 1 aliphatic carbocycles. The van der Waals surface area contributed by atoms with Crippen molar-refractivity contribution < 1.29 is 18.7 Å². The maximum Gasteiger partial charge on any atom is 0.324 e. The fraction of sp³-hybridized carbons (Fsp3) is 0.667. The van der Waals surface area contributed by atoms with Crippen LogP contribution in [0.5, 0.6) is 5.75 Å². The van der Waals surface area contributed by atoms with Crippen molar-refractivity contribution in [1.29, 1.82) is 0 Å². The maximum atomic E-state index is 14.3. The lowest BCUT2D eigenvalue weighted by molar-refractivity contribution is -0.121. The van der Waals surface area contributed by atoms with Crippen LogP contribution in [0.3, 0.4) is 0 Å². The number of hydrogen-bond acceptors (Lipinski definition) is 6. The number of amides is 3. The molecule has 3 aliphatic rings. The average Bonchev–Trinajstić information content (AvgIpc) is 3.64. The molecular formula is C24H36FN5O3. The number of piperidine rings is 1. The number of imide groups is 1. The SMILES string of the molecule is O=C1CCN(CCCCCNNC2(c3ccc(F)c(OCC4CC4)c3)CCNCC2)C(=O)N1. The molecule has 0 atom stereocenters. The second-order valence-electron chi connectivity index (χ2n) is 9.43. The predicted molar refractivity (Wildman–Crippen MR) is 123 cm³/mol. The molecule has 4 rings (SSSR count). The largest absolute Gasteiger partial charge is 0.490 e. The van der Waals surface area contributed by atoms with E-state index in [4.69, 9.17) is 4.74 Å². The number of halogens is 1. The summed E-state index contributed by atoms with van der Waals surface area (Å²) >= 11 is 0. The highest BCUT2D eigenvalue weighted by Gasteiger charge is 2.34. The Morgan fingerprint density at radius 3 is 2.73 bits per heavy atom. The number of carbonyl (C=O) groups is 2. The summed E-state index contributed by atoms with van der Waals surface area (Å²) < 4.78 is 20.1. The summed E-state index contributed by atoms with van der Waals surface area (Å²) in [6, 6.07) is 4.98. The van der Waals surface area contributed by atoms with Crippen molar-refractivity contribution in [2.45, 2.75) is 56.9 Å². The smallest absolute Gasteiger partial charge is 0.324 e. The minimum Gasteiger partial charge on any atom is -0.490 e. The highest BCUT2D eigenvalue weighted by atomic mass is 19.1. The first-order chi connectivity index (χ1) is 16.1. The summed E-state index contributed by atoms with van der Waals surface area (Å²) in [4.78, 5) is 24.7. The molecule has 0 radical (unpaired) electrons. The second-order valence-corrected chi connectivity index (χ2v) is 9.43. The van der Waals surface area contributed by atoms with Crippen LogP contribution in [-0.4, -0.2) is 56.2 Å². The molecule has 1 saturated carbocycles. The Kier molecular flexibility index (Phi) is 8.16. The highest BCUT2D eigenvalue weighted by molar-refractivity contribution is 5.96. The Balaban J connectivity index is 1.23. The van der Waals surface area contributed by atoms with E-state index in [-0.39, 0.29) is 23.3 Å². The zero-order chi connectivity index (χ0) is 23.1. The summed E-state index contributed by atoms with van der Waals surface area (Å²) in [5, 5.41) is 5.77. The summed E-state index contributed by atoms with van der Waals surface area (Å²) in [6.45, 7) is 4.35. The van der Waals surface area contributed by atoms with Crippen LogP contribution in [0.15, 0.2) is 18.2 Å². The van der Waals surface area contributed by atoms with Crippen LogP contribution >= 0.6 is 0 Å². The van der Waals surface area contributed by atoms with E-state index >= 15 is 0 Å².